The second-order valence-electron chi connectivity index (χ2n) is 3.81. The van der Waals surface area contributed by atoms with E-state index < -0.39 is 6.10 Å². The lowest BCUT2D eigenvalue weighted by atomic mass is 10.2. The fourth-order valence-electron chi connectivity index (χ4n) is 1.42. The zero-order chi connectivity index (χ0) is 13.4. The lowest BCUT2D eigenvalue weighted by Crippen LogP contribution is -2.19. The Morgan fingerprint density at radius 2 is 2.28 bits per heavy atom. The third-order valence-electron chi connectivity index (χ3n) is 2.31. The molecule has 98 valence electrons. The predicted octanol–water partition coefficient (Wildman–Crippen LogP) is 2.48. The van der Waals surface area contributed by atoms with Gasteiger partial charge in [-0.05, 0) is 25.1 Å². The van der Waals surface area contributed by atoms with E-state index in [4.69, 9.17) is 14.7 Å². The summed E-state index contributed by atoms with van der Waals surface area (Å²) in [5, 5.41) is 12.0. The molecular weight excluding hydrogens is 296 g/mol. The number of benzene rings is 1. The lowest BCUT2D eigenvalue weighted by Gasteiger charge is -2.13. The van der Waals surface area contributed by atoms with Crippen LogP contribution < -0.4 is 10.1 Å². The number of rotatable bonds is 7. The SMILES string of the molecule is COCCNCc1cc(Br)ccc1OC(C)C#N. The highest BCUT2D eigenvalue weighted by Gasteiger charge is 2.08. The Morgan fingerprint density at radius 1 is 1.50 bits per heavy atom. The van der Waals surface area contributed by atoms with Crippen LogP contribution in [0.1, 0.15) is 12.5 Å². The van der Waals surface area contributed by atoms with Crippen molar-refractivity contribution in [2.75, 3.05) is 20.3 Å². The van der Waals surface area contributed by atoms with Crippen molar-refractivity contribution in [3.63, 3.8) is 0 Å². The molecule has 1 atom stereocenters. The predicted molar refractivity (Wildman–Crippen MR) is 73.4 cm³/mol. The molecule has 0 amide bonds. The van der Waals surface area contributed by atoms with Gasteiger partial charge in [-0.1, -0.05) is 15.9 Å². The quantitative estimate of drug-likeness (QED) is 0.786. The van der Waals surface area contributed by atoms with Crippen LogP contribution in [-0.4, -0.2) is 26.4 Å². The van der Waals surface area contributed by atoms with E-state index in [1.54, 1.807) is 14.0 Å². The van der Waals surface area contributed by atoms with Crippen LogP contribution >= 0.6 is 15.9 Å². The fourth-order valence-corrected chi connectivity index (χ4v) is 1.82. The van der Waals surface area contributed by atoms with Crippen LogP contribution in [0.5, 0.6) is 5.75 Å². The van der Waals surface area contributed by atoms with E-state index in [9.17, 15) is 0 Å². The molecule has 0 fully saturated rings. The highest BCUT2D eigenvalue weighted by molar-refractivity contribution is 9.10. The minimum absolute atomic E-state index is 0.455. The molecule has 0 heterocycles. The first-order valence-corrected chi connectivity index (χ1v) is 6.51. The van der Waals surface area contributed by atoms with Crippen LogP contribution in [0.3, 0.4) is 0 Å². The molecule has 18 heavy (non-hydrogen) atoms. The molecule has 0 aliphatic heterocycles. The molecule has 5 heteroatoms. The lowest BCUT2D eigenvalue weighted by molar-refractivity contribution is 0.199. The molecule has 1 aromatic rings. The highest BCUT2D eigenvalue weighted by atomic mass is 79.9. The molecule has 1 N–H and O–H groups in total. The van der Waals surface area contributed by atoms with Gasteiger partial charge in [0, 0.05) is 30.2 Å². The standard InChI is InChI=1S/C13H17BrN2O2/c1-10(8-15)18-13-4-3-12(14)7-11(13)9-16-5-6-17-2/h3-4,7,10,16H,5-6,9H2,1-2H3. The average Bonchev–Trinajstić information content (AvgIpc) is 2.37. The maximum absolute atomic E-state index is 8.77. The average molecular weight is 313 g/mol. The Labute approximate surface area is 116 Å². The topological polar surface area (TPSA) is 54.3 Å². The van der Waals surface area contributed by atoms with Gasteiger partial charge in [0.25, 0.3) is 0 Å². The first-order valence-electron chi connectivity index (χ1n) is 5.71. The van der Waals surface area contributed by atoms with Crippen molar-refractivity contribution in [3.05, 3.63) is 28.2 Å². The summed E-state index contributed by atoms with van der Waals surface area (Å²) in [5.74, 6) is 0.733. The smallest absolute Gasteiger partial charge is 0.181 e. The number of hydrogen-bond donors (Lipinski definition) is 1. The van der Waals surface area contributed by atoms with E-state index >= 15 is 0 Å². The van der Waals surface area contributed by atoms with Crippen molar-refractivity contribution >= 4 is 15.9 Å². The maximum atomic E-state index is 8.77. The number of nitriles is 1. The number of hydrogen-bond acceptors (Lipinski definition) is 4. The van der Waals surface area contributed by atoms with Crippen molar-refractivity contribution in [1.29, 1.82) is 5.26 Å². The van der Waals surface area contributed by atoms with Crippen LogP contribution in [0, 0.1) is 11.3 Å². The van der Waals surface area contributed by atoms with Crippen LogP contribution in [-0.2, 0) is 11.3 Å². The van der Waals surface area contributed by atoms with E-state index in [1.807, 2.05) is 18.2 Å². The molecule has 0 aromatic heterocycles. The van der Waals surface area contributed by atoms with Crippen LogP contribution in [0.2, 0.25) is 0 Å². The summed E-state index contributed by atoms with van der Waals surface area (Å²) >= 11 is 3.43. The molecule has 0 bridgehead atoms. The van der Waals surface area contributed by atoms with Gasteiger partial charge in [-0.25, -0.2) is 0 Å². The zero-order valence-corrected chi connectivity index (χ0v) is 12.2. The summed E-state index contributed by atoms with van der Waals surface area (Å²) in [4.78, 5) is 0. The first kappa shape index (κ1) is 15.0. The molecule has 1 aromatic carbocycles. The normalized spacial score (nSPS) is 11.9. The zero-order valence-electron chi connectivity index (χ0n) is 10.6. The molecule has 0 spiro atoms. The van der Waals surface area contributed by atoms with E-state index in [1.165, 1.54) is 0 Å². The van der Waals surface area contributed by atoms with Gasteiger partial charge in [-0.2, -0.15) is 5.26 Å². The summed E-state index contributed by atoms with van der Waals surface area (Å²) in [6.45, 7) is 3.84. The van der Waals surface area contributed by atoms with Crippen molar-refractivity contribution in [1.82, 2.24) is 5.32 Å². The molecule has 4 nitrogen and oxygen atoms in total. The van der Waals surface area contributed by atoms with Crippen LogP contribution in [0.25, 0.3) is 0 Å². The third-order valence-corrected chi connectivity index (χ3v) is 2.80. The first-order chi connectivity index (χ1) is 8.67. The minimum Gasteiger partial charge on any atom is -0.476 e. The summed E-state index contributed by atoms with van der Waals surface area (Å²) in [6, 6.07) is 7.81. The summed E-state index contributed by atoms with van der Waals surface area (Å²) in [7, 11) is 1.67. The fraction of sp³-hybridized carbons (Fsp3) is 0.462. The highest BCUT2D eigenvalue weighted by Crippen LogP contribution is 2.24. The minimum atomic E-state index is -0.455. The number of halogens is 1. The van der Waals surface area contributed by atoms with Crippen LogP contribution in [0.4, 0.5) is 0 Å². The van der Waals surface area contributed by atoms with Gasteiger partial charge in [-0.3, -0.25) is 0 Å². The summed E-state index contributed by atoms with van der Waals surface area (Å²) < 4.78 is 11.5. The summed E-state index contributed by atoms with van der Waals surface area (Å²) in [6.07, 6.45) is -0.455. The second-order valence-corrected chi connectivity index (χ2v) is 4.73. The largest absolute Gasteiger partial charge is 0.476 e. The Hall–Kier alpha value is -1.09. The van der Waals surface area contributed by atoms with Gasteiger partial charge in [-0.15, -0.1) is 0 Å². The van der Waals surface area contributed by atoms with Gasteiger partial charge >= 0.3 is 0 Å². The molecule has 0 saturated carbocycles. The van der Waals surface area contributed by atoms with Crippen molar-refractivity contribution in [2.45, 2.75) is 19.6 Å². The van der Waals surface area contributed by atoms with Gasteiger partial charge in [0.1, 0.15) is 11.8 Å². The van der Waals surface area contributed by atoms with Crippen LogP contribution in [0.15, 0.2) is 22.7 Å². The number of ether oxygens (including phenoxy) is 2. The third kappa shape index (κ3) is 5.05. The van der Waals surface area contributed by atoms with E-state index in [0.29, 0.717) is 13.2 Å². The number of methoxy groups -OCH3 is 1. The number of nitrogens with zero attached hydrogens (tertiary/aromatic N) is 1. The molecule has 0 saturated heterocycles. The molecule has 0 aliphatic rings. The Bertz CT molecular complexity index is 418. The van der Waals surface area contributed by atoms with Gasteiger partial charge in [0.05, 0.1) is 6.61 Å². The molecule has 0 radical (unpaired) electrons. The molecule has 1 rings (SSSR count). The van der Waals surface area contributed by atoms with Gasteiger partial charge < -0.3 is 14.8 Å². The Balaban J connectivity index is 2.68. The van der Waals surface area contributed by atoms with E-state index in [0.717, 1.165) is 22.3 Å². The van der Waals surface area contributed by atoms with E-state index in [2.05, 4.69) is 27.3 Å². The van der Waals surface area contributed by atoms with E-state index in [-0.39, 0.29) is 0 Å². The Kier molecular flexibility index (Phi) is 6.73. The van der Waals surface area contributed by atoms with Crippen molar-refractivity contribution in [3.8, 4) is 11.8 Å². The molecule has 1 unspecified atom stereocenters. The van der Waals surface area contributed by atoms with Crippen molar-refractivity contribution in [2.24, 2.45) is 0 Å². The maximum Gasteiger partial charge on any atom is 0.181 e. The molecular formula is C13H17BrN2O2. The second kappa shape index (κ2) is 8.09. The monoisotopic (exact) mass is 312 g/mol. The van der Waals surface area contributed by atoms with Gasteiger partial charge in [0.2, 0.25) is 0 Å². The molecule has 0 aliphatic carbocycles. The Morgan fingerprint density at radius 3 is 2.94 bits per heavy atom. The van der Waals surface area contributed by atoms with Gasteiger partial charge in [0.15, 0.2) is 6.10 Å². The summed E-state index contributed by atoms with van der Waals surface area (Å²) in [5.41, 5.74) is 1.02. The number of nitrogens with one attached hydrogen (secondary N) is 1. The van der Waals surface area contributed by atoms with Crippen molar-refractivity contribution < 1.29 is 9.47 Å².